The Bertz CT molecular complexity index is 345. The number of hydrogen-bond donors (Lipinski definition) is 6. The summed E-state index contributed by atoms with van der Waals surface area (Å²) in [5, 5.41) is 31.5. The molecule has 0 atom stereocenters. The third kappa shape index (κ3) is 23.7. The van der Waals surface area contributed by atoms with Crippen LogP contribution >= 0.6 is 23.5 Å². The van der Waals surface area contributed by atoms with Crippen molar-refractivity contribution >= 4 is 45.8 Å². The van der Waals surface area contributed by atoms with Crippen molar-refractivity contribution in [2.24, 2.45) is 11.5 Å². The van der Waals surface area contributed by atoms with Crippen LogP contribution in [0.5, 0.6) is 0 Å². The lowest BCUT2D eigenvalue weighted by Gasteiger charge is -1.84. The van der Waals surface area contributed by atoms with Crippen LogP contribution in [0.4, 0.5) is 0 Å². The molecule has 0 aromatic rings. The van der Waals surface area contributed by atoms with E-state index in [1.165, 1.54) is 10.8 Å². The number of nitrogens with two attached hydrogens (primary N) is 2. The van der Waals surface area contributed by atoms with Crippen molar-refractivity contribution in [1.82, 2.24) is 0 Å². The van der Waals surface area contributed by atoms with Crippen LogP contribution < -0.4 is 11.5 Å². The van der Waals surface area contributed by atoms with Crippen molar-refractivity contribution in [3.8, 4) is 0 Å². The number of carboxylic acids is 2. The van der Waals surface area contributed by atoms with Gasteiger partial charge in [0.15, 0.2) is 10.3 Å². The van der Waals surface area contributed by atoms with Crippen LogP contribution in [0.1, 0.15) is 0 Å². The fraction of sp³-hybridized carbons (Fsp3) is 0. The summed E-state index contributed by atoms with van der Waals surface area (Å²) < 4.78 is 0. The van der Waals surface area contributed by atoms with Crippen molar-refractivity contribution in [2.75, 3.05) is 0 Å². The molecule has 0 unspecified atom stereocenters. The average molecular weight is 292 g/mol. The highest BCUT2D eigenvalue weighted by Crippen LogP contribution is 1.98. The van der Waals surface area contributed by atoms with Gasteiger partial charge in [-0.3, -0.25) is 10.8 Å². The molecule has 0 bridgehead atoms. The number of thioether (sulfide) groups is 2. The minimum Gasteiger partial charge on any atom is -0.478 e. The second-order valence-electron chi connectivity index (χ2n) is 2.25. The molecule has 0 radical (unpaired) electrons. The van der Waals surface area contributed by atoms with Crippen molar-refractivity contribution in [1.29, 1.82) is 10.8 Å². The Balaban J connectivity index is 0. The maximum atomic E-state index is 9.77. The largest absolute Gasteiger partial charge is 0.478 e. The molecule has 0 aliphatic heterocycles. The predicted octanol–water partition coefficient (Wildman–Crippen LogP) is 0.423. The van der Waals surface area contributed by atoms with Crippen LogP contribution in [0.2, 0.25) is 0 Å². The van der Waals surface area contributed by atoms with E-state index in [0.29, 0.717) is 0 Å². The Morgan fingerprint density at radius 3 is 1.33 bits per heavy atom. The Kier molecular flexibility index (Phi) is 11.8. The van der Waals surface area contributed by atoms with E-state index in [4.69, 9.17) is 32.5 Å². The first-order valence-electron chi connectivity index (χ1n) is 4.06. The smallest absolute Gasteiger partial charge is 0.328 e. The van der Waals surface area contributed by atoms with Gasteiger partial charge in [-0.1, -0.05) is 23.5 Å². The van der Waals surface area contributed by atoms with E-state index in [1.54, 1.807) is 0 Å². The zero-order chi connectivity index (χ0) is 14.6. The topological polar surface area (TPSA) is 174 Å². The minimum absolute atomic E-state index is 0.118. The van der Waals surface area contributed by atoms with Gasteiger partial charge in [0, 0.05) is 12.2 Å². The van der Waals surface area contributed by atoms with Crippen molar-refractivity contribution in [3.05, 3.63) is 23.0 Å². The van der Waals surface area contributed by atoms with E-state index in [1.807, 2.05) is 0 Å². The maximum Gasteiger partial charge on any atom is 0.328 e. The minimum atomic E-state index is -1.04. The highest BCUT2D eigenvalue weighted by atomic mass is 32.2. The van der Waals surface area contributed by atoms with Crippen LogP contribution in [-0.2, 0) is 9.59 Å². The molecule has 100 valence electrons. The van der Waals surface area contributed by atoms with Gasteiger partial charge in [0.1, 0.15) is 0 Å². The standard InChI is InChI=1S/2C4H6N2O2S/c2*5-4(6)9-2-1-3(7)8/h2*1-2H,(H3,5,6)(H,7,8)/b2*2-1-. The molecule has 0 spiro atoms. The summed E-state index contributed by atoms with van der Waals surface area (Å²) >= 11 is 1.72. The van der Waals surface area contributed by atoms with Crippen molar-refractivity contribution < 1.29 is 19.8 Å². The van der Waals surface area contributed by atoms with Gasteiger partial charge in [-0.25, -0.2) is 9.59 Å². The Hall–Kier alpha value is -1.94. The number of aliphatic carboxylic acids is 2. The molecule has 0 aliphatic carbocycles. The van der Waals surface area contributed by atoms with E-state index in [2.05, 4.69) is 0 Å². The van der Waals surface area contributed by atoms with Crippen LogP contribution in [0.15, 0.2) is 23.0 Å². The molecule has 0 aliphatic rings. The molecule has 18 heavy (non-hydrogen) atoms. The lowest BCUT2D eigenvalue weighted by atomic mass is 10.7. The first-order chi connectivity index (χ1) is 8.25. The first-order valence-corrected chi connectivity index (χ1v) is 5.82. The molecule has 0 saturated carbocycles. The summed E-state index contributed by atoms with van der Waals surface area (Å²) in [6.07, 6.45) is 1.85. The Labute approximate surface area is 111 Å². The van der Waals surface area contributed by atoms with Crippen LogP contribution in [0, 0.1) is 10.8 Å². The summed E-state index contributed by atoms with van der Waals surface area (Å²) in [6.45, 7) is 0. The fourth-order valence-electron chi connectivity index (χ4n) is 0.331. The summed E-state index contributed by atoms with van der Waals surface area (Å²) in [6, 6.07) is 0. The molecule has 0 aromatic heterocycles. The molecule has 10 heteroatoms. The van der Waals surface area contributed by atoms with Crippen LogP contribution in [-0.4, -0.2) is 32.5 Å². The van der Waals surface area contributed by atoms with E-state index < -0.39 is 11.9 Å². The summed E-state index contributed by atoms with van der Waals surface area (Å²) in [5.74, 6) is -2.08. The van der Waals surface area contributed by atoms with Gasteiger partial charge < -0.3 is 21.7 Å². The van der Waals surface area contributed by atoms with E-state index in [9.17, 15) is 9.59 Å². The van der Waals surface area contributed by atoms with Crippen molar-refractivity contribution in [3.63, 3.8) is 0 Å². The van der Waals surface area contributed by atoms with Crippen LogP contribution in [0.3, 0.4) is 0 Å². The summed E-state index contributed by atoms with van der Waals surface area (Å²) in [5.41, 5.74) is 9.76. The molecular weight excluding hydrogens is 280 g/mol. The molecule has 8 nitrogen and oxygen atoms in total. The van der Waals surface area contributed by atoms with Gasteiger partial charge >= 0.3 is 11.9 Å². The first kappa shape index (κ1) is 18.4. The summed E-state index contributed by atoms with van der Waals surface area (Å²) in [7, 11) is 0. The lowest BCUT2D eigenvalue weighted by Crippen LogP contribution is -2.01. The van der Waals surface area contributed by atoms with Crippen molar-refractivity contribution in [2.45, 2.75) is 0 Å². The number of nitrogens with one attached hydrogen (secondary N) is 2. The van der Waals surface area contributed by atoms with E-state index in [0.717, 1.165) is 35.7 Å². The highest BCUT2D eigenvalue weighted by Gasteiger charge is 1.86. The number of amidine groups is 2. The predicted molar refractivity (Wildman–Crippen MR) is 72.6 cm³/mol. The van der Waals surface area contributed by atoms with E-state index >= 15 is 0 Å². The number of carbonyl (C=O) groups is 2. The van der Waals surface area contributed by atoms with Gasteiger partial charge in [0.2, 0.25) is 0 Å². The monoisotopic (exact) mass is 292 g/mol. The SMILES string of the molecule is N=C(N)S/C=C\C(=O)O.N=C(N)S/C=C\C(=O)O. The van der Waals surface area contributed by atoms with Gasteiger partial charge in [0.25, 0.3) is 0 Å². The normalized spacial score (nSPS) is 9.78. The second-order valence-corrected chi connectivity index (χ2v) is 4.14. The number of hydrogen-bond acceptors (Lipinski definition) is 6. The highest BCUT2D eigenvalue weighted by molar-refractivity contribution is 8.16. The molecule has 8 N–H and O–H groups in total. The average Bonchev–Trinajstić information content (AvgIpc) is 2.15. The number of rotatable bonds is 4. The van der Waals surface area contributed by atoms with Gasteiger partial charge in [0.05, 0.1) is 0 Å². The molecule has 0 amide bonds. The maximum absolute atomic E-state index is 9.77. The van der Waals surface area contributed by atoms with Gasteiger partial charge in [-0.2, -0.15) is 0 Å². The zero-order valence-electron chi connectivity index (χ0n) is 8.99. The third-order valence-corrected chi connectivity index (χ3v) is 1.86. The lowest BCUT2D eigenvalue weighted by molar-refractivity contribution is -0.132. The third-order valence-electron chi connectivity index (χ3n) is 0.811. The van der Waals surface area contributed by atoms with Crippen LogP contribution in [0.25, 0.3) is 0 Å². The molecule has 0 aromatic carbocycles. The quantitative estimate of drug-likeness (QED) is 0.245. The summed E-state index contributed by atoms with van der Waals surface area (Å²) in [4.78, 5) is 19.5. The Morgan fingerprint density at radius 1 is 0.889 bits per heavy atom. The molecule has 0 heterocycles. The van der Waals surface area contributed by atoms with E-state index in [-0.39, 0.29) is 10.3 Å². The molecule has 0 rings (SSSR count). The zero-order valence-corrected chi connectivity index (χ0v) is 10.6. The Morgan fingerprint density at radius 2 is 1.17 bits per heavy atom. The number of carboxylic acid groups (broad SMARTS) is 2. The molecular formula is C8H12N4O4S2. The van der Waals surface area contributed by atoms with Gasteiger partial charge in [-0.15, -0.1) is 0 Å². The second kappa shape index (κ2) is 11.5. The van der Waals surface area contributed by atoms with Gasteiger partial charge in [-0.05, 0) is 10.8 Å². The molecule has 0 fully saturated rings. The fourth-order valence-corrected chi connectivity index (χ4v) is 0.993. The molecule has 0 saturated heterocycles.